The molecule has 0 aromatic carbocycles. The highest BCUT2D eigenvalue weighted by Crippen LogP contribution is 2.19. The molecule has 106 valence electrons. The maximum absolute atomic E-state index is 11.4. The molecular weight excluding hydrogens is 262 g/mol. The lowest BCUT2D eigenvalue weighted by Gasteiger charge is -2.25. The number of nitrogens with one attached hydrogen (secondary N) is 1. The molecular formula is C13H21N3O2S. The molecule has 0 aliphatic heterocycles. The summed E-state index contributed by atoms with van der Waals surface area (Å²) in [6.07, 6.45) is 0.269. The van der Waals surface area contributed by atoms with Crippen LogP contribution in [0.15, 0.2) is 11.4 Å². The van der Waals surface area contributed by atoms with Crippen LogP contribution < -0.4 is 11.1 Å². The van der Waals surface area contributed by atoms with E-state index in [1.54, 1.807) is 11.3 Å². The van der Waals surface area contributed by atoms with Crippen molar-refractivity contribution in [1.82, 2.24) is 10.2 Å². The Kier molecular flexibility index (Phi) is 5.98. The minimum absolute atomic E-state index is 0.269. The average Bonchev–Trinajstić information content (AvgIpc) is 2.68. The Balaban J connectivity index is 2.52. The maximum Gasteiger partial charge on any atom is 0.318 e. The number of urea groups is 1. The van der Waals surface area contributed by atoms with Gasteiger partial charge in [0.25, 0.3) is 0 Å². The molecule has 0 atom stereocenters. The van der Waals surface area contributed by atoms with Gasteiger partial charge in [-0.2, -0.15) is 0 Å². The Hall–Kier alpha value is -1.40. The second-order valence-corrected chi connectivity index (χ2v) is 5.75. The van der Waals surface area contributed by atoms with Gasteiger partial charge in [-0.1, -0.05) is 0 Å². The zero-order valence-electron chi connectivity index (χ0n) is 11.6. The Bertz CT molecular complexity index is 443. The Morgan fingerprint density at radius 1 is 1.47 bits per heavy atom. The lowest BCUT2D eigenvalue weighted by atomic mass is 10.2. The molecule has 1 aromatic rings. The van der Waals surface area contributed by atoms with Crippen LogP contribution in [0.4, 0.5) is 4.79 Å². The molecule has 0 unspecified atom stereocenters. The fourth-order valence-electron chi connectivity index (χ4n) is 1.72. The van der Waals surface area contributed by atoms with Crippen LogP contribution in [0.25, 0.3) is 0 Å². The lowest BCUT2D eigenvalue weighted by Crippen LogP contribution is -2.38. The van der Waals surface area contributed by atoms with Crippen LogP contribution in [0, 0.1) is 6.92 Å². The highest BCUT2D eigenvalue weighted by Gasteiger charge is 2.14. The Morgan fingerprint density at radius 3 is 2.63 bits per heavy atom. The minimum Gasteiger partial charge on any atom is -0.351 e. The SMILES string of the molecule is Cc1ccsc1CN(CCC(=O)NC(N)=O)C(C)C. The molecule has 3 amide bonds. The van der Waals surface area contributed by atoms with Crippen molar-refractivity contribution in [2.75, 3.05) is 6.54 Å². The van der Waals surface area contributed by atoms with Crippen LogP contribution in [0.2, 0.25) is 0 Å². The smallest absolute Gasteiger partial charge is 0.318 e. The summed E-state index contributed by atoms with van der Waals surface area (Å²) in [5, 5.41) is 4.16. The molecule has 5 nitrogen and oxygen atoms in total. The number of hydrogen-bond donors (Lipinski definition) is 2. The van der Waals surface area contributed by atoms with E-state index < -0.39 is 6.03 Å². The normalized spacial score (nSPS) is 11.0. The summed E-state index contributed by atoms with van der Waals surface area (Å²) >= 11 is 1.72. The number of rotatable bonds is 6. The summed E-state index contributed by atoms with van der Waals surface area (Å²) in [5.74, 6) is -0.332. The van der Waals surface area contributed by atoms with Crippen molar-refractivity contribution in [1.29, 1.82) is 0 Å². The molecule has 0 aliphatic carbocycles. The van der Waals surface area contributed by atoms with Crippen LogP contribution in [-0.2, 0) is 11.3 Å². The number of thiophene rings is 1. The average molecular weight is 283 g/mol. The van der Waals surface area contributed by atoms with E-state index in [2.05, 4.69) is 42.4 Å². The van der Waals surface area contributed by atoms with Crippen LogP contribution in [-0.4, -0.2) is 29.4 Å². The van der Waals surface area contributed by atoms with Gasteiger partial charge in [0.15, 0.2) is 0 Å². The van der Waals surface area contributed by atoms with E-state index in [4.69, 9.17) is 5.73 Å². The third kappa shape index (κ3) is 5.40. The standard InChI is InChI=1S/C13H21N3O2S/c1-9(2)16(6-4-12(17)15-13(14)18)8-11-10(3)5-7-19-11/h5,7,9H,4,6,8H2,1-3H3,(H3,14,15,17,18). The van der Waals surface area contributed by atoms with Crippen LogP contribution in [0.5, 0.6) is 0 Å². The molecule has 1 rings (SSSR count). The first-order chi connectivity index (χ1) is 8.90. The maximum atomic E-state index is 11.4. The first-order valence-electron chi connectivity index (χ1n) is 6.26. The van der Waals surface area contributed by atoms with Gasteiger partial charge >= 0.3 is 6.03 Å². The summed E-state index contributed by atoms with van der Waals surface area (Å²) in [5.41, 5.74) is 6.18. The Labute approximate surface area is 117 Å². The van der Waals surface area contributed by atoms with Gasteiger partial charge < -0.3 is 5.73 Å². The van der Waals surface area contributed by atoms with Crippen LogP contribution in [0.1, 0.15) is 30.7 Å². The predicted octanol–water partition coefficient (Wildman–Crippen LogP) is 1.85. The highest BCUT2D eigenvalue weighted by molar-refractivity contribution is 7.10. The van der Waals surface area contributed by atoms with Gasteiger partial charge in [-0.15, -0.1) is 11.3 Å². The van der Waals surface area contributed by atoms with Crippen LogP contribution >= 0.6 is 11.3 Å². The predicted molar refractivity (Wildman–Crippen MR) is 76.9 cm³/mol. The van der Waals surface area contributed by atoms with Gasteiger partial charge in [-0.05, 0) is 37.8 Å². The van der Waals surface area contributed by atoms with Crippen molar-refractivity contribution in [3.05, 3.63) is 21.9 Å². The topological polar surface area (TPSA) is 75.4 Å². The number of carbonyl (C=O) groups excluding carboxylic acids is 2. The third-order valence-electron chi connectivity index (χ3n) is 2.93. The number of primary amides is 1. The molecule has 6 heteroatoms. The van der Waals surface area contributed by atoms with E-state index in [0.717, 1.165) is 6.54 Å². The number of aryl methyl sites for hydroxylation is 1. The van der Waals surface area contributed by atoms with Crippen molar-refractivity contribution < 1.29 is 9.59 Å². The summed E-state index contributed by atoms with van der Waals surface area (Å²) in [7, 11) is 0. The zero-order chi connectivity index (χ0) is 14.4. The minimum atomic E-state index is -0.796. The molecule has 0 saturated heterocycles. The van der Waals surface area contributed by atoms with E-state index in [0.29, 0.717) is 12.6 Å². The van der Waals surface area contributed by atoms with Crippen molar-refractivity contribution >= 4 is 23.3 Å². The molecule has 0 bridgehead atoms. The first-order valence-corrected chi connectivity index (χ1v) is 7.14. The number of hydrogen-bond acceptors (Lipinski definition) is 4. The lowest BCUT2D eigenvalue weighted by molar-refractivity contribution is -0.120. The number of carbonyl (C=O) groups is 2. The second kappa shape index (κ2) is 7.25. The van der Waals surface area contributed by atoms with Crippen molar-refractivity contribution in [3.8, 4) is 0 Å². The molecule has 3 N–H and O–H groups in total. The first kappa shape index (κ1) is 15.7. The summed E-state index contributed by atoms with van der Waals surface area (Å²) in [4.78, 5) is 25.5. The Morgan fingerprint density at radius 2 is 2.16 bits per heavy atom. The van der Waals surface area contributed by atoms with E-state index in [9.17, 15) is 9.59 Å². The van der Waals surface area contributed by atoms with Crippen molar-refractivity contribution in [2.45, 2.75) is 39.8 Å². The van der Waals surface area contributed by atoms with E-state index in [1.165, 1.54) is 10.4 Å². The summed E-state index contributed by atoms with van der Waals surface area (Å²) < 4.78 is 0. The molecule has 0 spiro atoms. The molecule has 1 aromatic heterocycles. The molecule has 1 heterocycles. The summed E-state index contributed by atoms with van der Waals surface area (Å²) in [6.45, 7) is 7.70. The third-order valence-corrected chi connectivity index (χ3v) is 3.94. The molecule has 0 saturated carbocycles. The van der Waals surface area contributed by atoms with Gasteiger partial charge in [0.05, 0.1) is 0 Å². The largest absolute Gasteiger partial charge is 0.351 e. The molecule has 0 radical (unpaired) electrons. The van der Waals surface area contributed by atoms with Gasteiger partial charge in [0, 0.05) is 30.4 Å². The van der Waals surface area contributed by atoms with Gasteiger partial charge in [0.1, 0.15) is 0 Å². The monoisotopic (exact) mass is 283 g/mol. The second-order valence-electron chi connectivity index (χ2n) is 4.75. The fraction of sp³-hybridized carbons (Fsp3) is 0.538. The molecule has 0 aliphatic rings. The van der Waals surface area contributed by atoms with E-state index in [-0.39, 0.29) is 12.3 Å². The zero-order valence-corrected chi connectivity index (χ0v) is 12.4. The number of amides is 3. The number of imide groups is 1. The molecule has 0 fully saturated rings. The van der Waals surface area contributed by atoms with Crippen LogP contribution in [0.3, 0.4) is 0 Å². The fourth-order valence-corrected chi connectivity index (χ4v) is 2.65. The van der Waals surface area contributed by atoms with Crippen molar-refractivity contribution in [3.63, 3.8) is 0 Å². The van der Waals surface area contributed by atoms with Gasteiger partial charge in [-0.25, -0.2) is 4.79 Å². The number of nitrogens with zero attached hydrogens (tertiary/aromatic N) is 1. The van der Waals surface area contributed by atoms with Gasteiger partial charge in [-0.3, -0.25) is 15.0 Å². The van der Waals surface area contributed by atoms with E-state index >= 15 is 0 Å². The van der Waals surface area contributed by atoms with Gasteiger partial charge in [0.2, 0.25) is 5.91 Å². The highest BCUT2D eigenvalue weighted by atomic mass is 32.1. The summed E-state index contributed by atoms with van der Waals surface area (Å²) in [6, 6.07) is 1.64. The van der Waals surface area contributed by atoms with E-state index in [1.807, 2.05) is 0 Å². The van der Waals surface area contributed by atoms with Crippen molar-refractivity contribution in [2.24, 2.45) is 5.73 Å². The quantitative estimate of drug-likeness (QED) is 0.836. The number of nitrogens with two attached hydrogens (primary N) is 1. The molecule has 19 heavy (non-hydrogen) atoms.